The quantitative estimate of drug-likeness (QED) is 0.827. The van der Waals surface area contributed by atoms with Crippen LogP contribution in [-0.4, -0.2) is 40.6 Å². The number of amides is 1. The first-order valence-electron chi connectivity index (χ1n) is 7.44. The molecule has 0 saturated carbocycles. The molecule has 1 aromatic carbocycles. The maximum atomic E-state index is 14.1. The van der Waals surface area contributed by atoms with Crippen molar-refractivity contribution >= 4 is 12.0 Å². The van der Waals surface area contributed by atoms with E-state index in [-0.39, 0.29) is 24.3 Å². The largest absolute Gasteiger partial charge is 0.453 e. The number of nitrogens with zero attached hydrogens (tertiary/aromatic N) is 2. The Hall–Kier alpha value is -2.73. The minimum absolute atomic E-state index is 0.0810. The average Bonchev–Trinajstić information content (AvgIpc) is 2.61. The fraction of sp³-hybridized carbons (Fsp3) is 0.222. The first kappa shape index (κ1) is 17.6. The van der Waals surface area contributed by atoms with Crippen molar-refractivity contribution in [2.24, 2.45) is 0 Å². The number of halogens is 1. The van der Waals surface area contributed by atoms with Crippen molar-refractivity contribution in [1.82, 2.24) is 9.88 Å². The Morgan fingerprint density at radius 2 is 2.25 bits per heavy atom. The number of pyridine rings is 1. The lowest BCUT2D eigenvalue weighted by Gasteiger charge is -2.21. The lowest BCUT2D eigenvalue weighted by atomic mass is 10.2. The Kier molecular flexibility index (Phi) is 6.03. The van der Waals surface area contributed by atoms with Crippen LogP contribution in [0.3, 0.4) is 0 Å². The molecular formula is C18H19FN2O3. The molecule has 24 heavy (non-hydrogen) atoms. The van der Waals surface area contributed by atoms with Crippen LogP contribution in [0.2, 0.25) is 0 Å². The number of hydrogen-bond donors (Lipinski definition) is 1. The van der Waals surface area contributed by atoms with E-state index >= 15 is 0 Å². The number of aliphatic hydroxyl groups is 1. The van der Waals surface area contributed by atoms with Crippen LogP contribution in [0.15, 0.2) is 48.8 Å². The second kappa shape index (κ2) is 8.21. The highest BCUT2D eigenvalue weighted by Crippen LogP contribution is 2.24. The molecule has 1 N–H and O–H groups in total. The van der Waals surface area contributed by atoms with Crippen LogP contribution in [-0.2, 0) is 4.79 Å². The number of hydrogen-bond acceptors (Lipinski definition) is 4. The molecule has 0 aliphatic carbocycles. The summed E-state index contributed by atoms with van der Waals surface area (Å²) in [6.07, 6.45) is 5.94. The van der Waals surface area contributed by atoms with Gasteiger partial charge in [0.25, 0.3) is 0 Å². The molecule has 1 atom stereocenters. The van der Waals surface area contributed by atoms with Gasteiger partial charge in [-0.1, -0.05) is 6.07 Å². The molecule has 1 amide bonds. The van der Waals surface area contributed by atoms with Crippen LogP contribution in [0.1, 0.15) is 12.5 Å². The van der Waals surface area contributed by atoms with Gasteiger partial charge in [-0.3, -0.25) is 9.78 Å². The number of likely N-dealkylation sites (N-methyl/N-ethyl adjacent to an activating group) is 1. The van der Waals surface area contributed by atoms with Crippen molar-refractivity contribution in [2.45, 2.75) is 13.0 Å². The van der Waals surface area contributed by atoms with Gasteiger partial charge in [-0.05, 0) is 42.8 Å². The fourth-order valence-electron chi connectivity index (χ4n) is 1.86. The topological polar surface area (TPSA) is 62.7 Å². The molecule has 0 saturated heterocycles. The summed E-state index contributed by atoms with van der Waals surface area (Å²) in [7, 11) is 1.60. The molecule has 2 aromatic rings. The molecule has 0 aliphatic heterocycles. The smallest absolute Gasteiger partial charge is 0.246 e. The number of ether oxygens (including phenoxy) is 1. The first-order valence-corrected chi connectivity index (χ1v) is 7.44. The Morgan fingerprint density at radius 3 is 2.88 bits per heavy atom. The molecule has 1 unspecified atom stereocenters. The van der Waals surface area contributed by atoms with Gasteiger partial charge < -0.3 is 14.7 Å². The van der Waals surface area contributed by atoms with Gasteiger partial charge in [0.2, 0.25) is 5.91 Å². The normalized spacial score (nSPS) is 12.2. The highest BCUT2D eigenvalue weighted by molar-refractivity contribution is 5.91. The molecule has 6 heteroatoms. The molecule has 2 rings (SSSR count). The maximum Gasteiger partial charge on any atom is 0.246 e. The van der Waals surface area contributed by atoms with E-state index in [0.717, 1.165) is 0 Å². The summed E-state index contributed by atoms with van der Waals surface area (Å²) in [5.74, 6) is -0.287. The summed E-state index contributed by atoms with van der Waals surface area (Å²) in [6.45, 7) is 1.61. The molecule has 1 heterocycles. The number of rotatable bonds is 6. The van der Waals surface area contributed by atoms with Gasteiger partial charge in [-0.2, -0.15) is 0 Å². The van der Waals surface area contributed by atoms with Crippen LogP contribution in [0.4, 0.5) is 4.39 Å². The summed E-state index contributed by atoms with van der Waals surface area (Å²) in [4.78, 5) is 17.2. The van der Waals surface area contributed by atoms with E-state index in [0.29, 0.717) is 11.3 Å². The zero-order valence-corrected chi connectivity index (χ0v) is 13.5. The summed E-state index contributed by atoms with van der Waals surface area (Å²) in [6, 6.07) is 7.51. The Bertz CT molecular complexity index is 719. The fourth-order valence-corrected chi connectivity index (χ4v) is 1.86. The summed E-state index contributed by atoms with van der Waals surface area (Å²) < 4.78 is 19.5. The van der Waals surface area contributed by atoms with Crippen LogP contribution in [0, 0.1) is 5.82 Å². The lowest BCUT2D eigenvalue weighted by Crippen LogP contribution is -2.36. The minimum atomic E-state index is -0.537. The predicted molar refractivity (Wildman–Crippen MR) is 89.1 cm³/mol. The van der Waals surface area contributed by atoms with E-state index in [1.807, 2.05) is 0 Å². The van der Waals surface area contributed by atoms with E-state index in [4.69, 9.17) is 9.84 Å². The van der Waals surface area contributed by atoms with Crippen molar-refractivity contribution in [3.8, 4) is 11.5 Å². The van der Waals surface area contributed by atoms with Gasteiger partial charge in [0.15, 0.2) is 11.6 Å². The Balaban J connectivity index is 2.06. The van der Waals surface area contributed by atoms with E-state index in [1.165, 1.54) is 35.4 Å². The monoisotopic (exact) mass is 330 g/mol. The zero-order chi connectivity index (χ0) is 17.5. The number of benzene rings is 1. The number of carbonyl (C=O) groups is 1. The maximum absolute atomic E-state index is 14.1. The third-order valence-corrected chi connectivity index (χ3v) is 3.51. The molecule has 0 bridgehead atoms. The second-order valence-corrected chi connectivity index (χ2v) is 5.29. The van der Waals surface area contributed by atoms with Gasteiger partial charge in [-0.25, -0.2) is 4.39 Å². The number of aromatic nitrogens is 1. The summed E-state index contributed by atoms with van der Waals surface area (Å²) in [5.41, 5.74) is 0.532. The third kappa shape index (κ3) is 4.63. The molecule has 1 aromatic heterocycles. The number of aliphatic hydroxyl groups excluding tert-OH is 1. The Morgan fingerprint density at radius 1 is 1.46 bits per heavy atom. The van der Waals surface area contributed by atoms with E-state index in [2.05, 4.69) is 4.98 Å². The standard InChI is InChI=1S/C18H19FN2O3/c1-13(12-22)21(2)18(23)8-6-14-5-7-17(16(19)10-14)24-15-4-3-9-20-11-15/h3-11,13,22H,12H2,1-2H3/b8-6+. The highest BCUT2D eigenvalue weighted by atomic mass is 19.1. The first-order chi connectivity index (χ1) is 11.5. The molecule has 0 aliphatic rings. The van der Waals surface area contributed by atoms with E-state index in [1.54, 1.807) is 38.4 Å². The van der Waals surface area contributed by atoms with Crippen molar-refractivity contribution in [1.29, 1.82) is 0 Å². The zero-order valence-electron chi connectivity index (χ0n) is 13.5. The van der Waals surface area contributed by atoms with Crippen LogP contribution in [0.25, 0.3) is 6.08 Å². The second-order valence-electron chi connectivity index (χ2n) is 5.29. The molecule has 0 spiro atoms. The van der Waals surface area contributed by atoms with Gasteiger partial charge in [0.1, 0.15) is 5.75 Å². The lowest BCUT2D eigenvalue weighted by molar-refractivity contribution is -0.127. The molecule has 0 fully saturated rings. The molecule has 0 radical (unpaired) electrons. The van der Waals surface area contributed by atoms with Crippen LogP contribution in [0.5, 0.6) is 11.5 Å². The average molecular weight is 330 g/mol. The van der Waals surface area contributed by atoms with Gasteiger partial charge in [0, 0.05) is 19.3 Å². The van der Waals surface area contributed by atoms with E-state index in [9.17, 15) is 9.18 Å². The third-order valence-electron chi connectivity index (χ3n) is 3.51. The van der Waals surface area contributed by atoms with Gasteiger partial charge >= 0.3 is 0 Å². The van der Waals surface area contributed by atoms with Crippen LogP contribution >= 0.6 is 0 Å². The SMILES string of the molecule is CC(CO)N(C)C(=O)/C=C/c1ccc(Oc2cccnc2)c(F)c1. The van der Waals surface area contributed by atoms with E-state index < -0.39 is 5.82 Å². The van der Waals surface area contributed by atoms with Crippen molar-refractivity contribution in [3.05, 3.63) is 60.2 Å². The number of carbonyl (C=O) groups excluding carboxylic acids is 1. The summed E-state index contributed by atoms with van der Waals surface area (Å²) in [5, 5.41) is 9.04. The van der Waals surface area contributed by atoms with Gasteiger partial charge in [0.05, 0.1) is 18.8 Å². The van der Waals surface area contributed by atoms with Crippen molar-refractivity contribution < 1.29 is 19.0 Å². The molecular weight excluding hydrogens is 311 g/mol. The highest BCUT2D eigenvalue weighted by Gasteiger charge is 2.12. The molecule has 126 valence electrons. The summed E-state index contributed by atoms with van der Waals surface area (Å²) >= 11 is 0. The predicted octanol–water partition coefficient (Wildman–Crippen LogP) is 2.87. The van der Waals surface area contributed by atoms with Gasteiger partial charge in [-0.15, -0.1) is 0 Å². The molecule has 5 nitrogen and oxygen atoms in total. The van der Waals surface area contributed by atoms with Crippen LogP contribution < -0.4 is 4.74 Å². The van der Waals surface area contributed by atoms with Crippen molar-refractivity contribution in [2.75, 3.05) is 13.7 Å². The minimum Gasteiger partial charge on any atom is -0.453 e. The van der Waals surface area contributed by atoms with Crippen molar-refractivity contribution in [3.63, 3.8) is 0 Å². The Labute approximate surface area is 140 Å².